The molecule has 0 aliphatic carbocycles. The van der Waals surface area contributed by atoms with Crippen molar-refractivity contribution in [1.82, 2.24) is 10.2 Å². The van der Waals surface area contributed by atoms with Gasteiger partial charge in [0.25, 0.3) is 0 Å². The van der Waals surface area contributed by atoms with Gasteiger partial charge < -0.3 is 21.1 Å². The Morgan fingerprint density at radius 2 is 2.15 bits per heavy atom. The number of carbonyl (C=O) groups is 1. The van der Waals surface area contributed by atoms with Crippen LogP contribution in [-0.4, -0.2) is 41.8 Å². The number of nitrogens with one attached hydrogen (secondary N) is 1. The molecule has 0 aromatic heterocycles. The third kappa shape index (κ3) is 3.86. The molecule has 1 aromatic carbocycles. The van der Waals surface area contributed by atoms with Crippen molar-refractivity contribution in [2.45, 2.75) is 25.3 Å². The standard InChI is InChI=1S/C14H20BrN3O2/c15-12-2-1-3-13(16)11(12)4-7-17-10-5-8-18(9-6-10)14(19)20/h1-3,10,17H,4-9,16H2,(H,19,20). The second-order valence-corrected chi connectivity index (χ2v) is 5.91. The van der Waals surface area contributed by atoms with Crippen molar-refractivity contribution in [1.29, 1.82) is 0 Å². The smallest absolute Gasteiger partial charge is 0.407 e. The van der Waals surface area contributed by atoms with E-state index < -0.39 is 6.09 Å². The first-order valence-electron chi connectivity index (χ1n) is 6.82. The zero-order chi connectivity index (χ0) is 14.5. The number of piperidine rings is 1. The number of carboxylic acid groups (broad SMARTS) is 1. The largest absolute Gasteiger partial charge is 0.465 e. The Morgan fingerprint density at radius 1 is 1.45 bits per heavy atom. The van der Waals surface area contributed by atoms with Crippen LogP contribution < -0.4 is 11.1 Å². The van der Waals surface area contributed by atoms with Crippen molar-refractivity contribution in [2.75, 3.05) is 25.4 Å². The maximum atomic E-state index is 10.8. The molecule has 1 aliphatic heterocycles. The minimum atomic E-state index is -0.815. The van der Waals surface area contributed by atoms with Crippen molar-refractivity contribution in [3.63, 3.8) is 0 Å². The number of hydrogen-bond acceptors (Lipinski definition) is 3. The lowest BCUT2D eigenvalue weighted by molar-refractivity contribution is 0.129. The first kappa shape index (κ1) is 15.1. The molecule has 1 saturated heterocycles. The second kappa shape index (κ2) is 6.95. The van der Waals surface area contributed by atoms with E-state index in [0.29, 0.717) is 19.1 Å². The van der Waals surface area contributed by atoms with Gasteiger partial charge in [-0.15, -0.1) is 0 Å². The number of halogens is 1. The lowest BCUT2D eigenvalue weighted by Crippen LogP contribution is -2.44. The number of nitrogens with two attached hydrogens (primary N) is 1. The maximum absolute atomic E-state index is 10.8. The van der Waals surface area contributed by atoms with Crippen LogP contribution in [0.4, 0.5) is 10.5 Å². The quantitative estimate of drug-likeness (QED) is 0.734. The number of anilines is 1. The van der Waals surface area contributed by atoms with Crippen LogP contribution in [0, 0.1) is 0 Å². The van der Waals surface area contributed by atoms with Crippen LogP contribution in [0.1, 0.15) is 18.4 Å². The molecule has 1 aromatic rings. The maximum Gasteiger partial charge on any atom is 0.407 e. The summed E-state index contributed by atoms with van der Waals surface area (Å²) in [5, 5.41) is 12.4. The highest BCUT2D eigenvalue weighted by molar-refractivity contribution is 9.10. The van der Waals surface area contributed by atoms with Crippen LogP contribution >= 0.6 is 15.9 Å². The molecule has 0 unspecified atom stereocenters. The molecule has 0 saturated carbocycles. The van der Waals surface area contributed by atoms with Crippen LogP contribution in [0.5, 0.6) is 0 Å². The fraction of sp³-hybridized carbons (Fsp3) is 0.500. The van der Waals surface area contributed by atoms with Crippen molar-refractivity contribution in [3.05, 3.63) is 28.2 Å². The van der Waals surface area contributed by atoms with Crippen LogP contribution in [0.2, 0.25) is 0 Å². The number of rotatable bonds is 4. The third-order valence-electron chi connectivity index (χ3n) is 3.73. The summed E-state index contributed by atoms with van der Waals surface area (Å²) in [5.41, 5.74) is 7.90. The molecule has 1 amide bonds. The van der Waals surface area contributed by atoms with Crippen LogP contribution in [-0.2, 0) is 6.42 Å². The van der Waals surface area contributed by atoms with Crippen molar-refractivity contribution >= 4 is 27.7 Å². The van der Waals surface area contributed by atoms with Gasteiger partial charge in [0.15, 0.2) is 0 Å². The van der Waals surface area contributed by atoms with E-state index in [-0.39, 0.29) is 0 Å². The summed E-state index contributed by atoms with van der Waals surface area (Å²) in [7, 11) is 0. The number of likely N-dealkylation sites (tertiary alicyclic amines) is 1. The second-order valence-electron chi connectivity index (χ2n) is 5.06. The van der Waals surface area contributed by atoms with E-state index in [1.54, 1.807) is 0 Å². The van der Waals surface area contributed by atoms with Gasteiger partial charge in [-0.1, -0.05) is 22.0 Å². The Balaban J connectivity index is 1.76. The van der Waals surface area contributed by atoms with Crippen molar-refractivity contribution in [2.24, 2.45) is 0 Å². The van der Waals surface area contributed by atoms with Crippen molar-refractivity contribution in [3.8, 4) is 0 Å². The zero-order valence-electron chi connectivity index (χ0n) is 11.3. The molecule has 0 atom stereocenters. The van der Waals surface area contributed by atoms with E-state index in [1.807, 2.05) is 18.2 Å². The molecular formula is C14H20BrN3O2. The lowest BCUT2D eigenvalue weighted by Gasteiger charge is -2.30. The monoisotopic (exact) mass is 341 g/mol. The molecule has 0 spiro atoms. The van der Waals surface area contributed by atoms with Gasteiger partial charge in [-0.3, -0.25) is 0 Å². The van der Waals surface area contributed by atoms with Crippen LogP contribution in [0.3, 0.4) is 0 Å². The number of benzene rings is 1. The van der Waals surface area contributed by atoms with Crippen LogP contribution in [0.25, 0.3) is 0 Å². The third-order valence-corrected chi connectivity index (χ3v) is 4.47. The first-order chi connectivity index (χ1) is 9.58. The van der Waals surface area contributed by atoms with Gasteiger partial charge in [-0.05, 0) is 43.5 Å². The summed E-state index contributed by atoms with van der Waals surface area (Å²) >= 11 is 3.52. The molecular weight excluding hydrogens is 322 g/mol. The molecule has 1 fully saturated rings. The van der Waals surface area contributed by atoms with E-state index in [1.165, 1.54) is 4.90 Å². The van der Waals surface area contributed by atoms with E-state index in [9.17, 15) is 4.79 Å². The Labute approximate surface area is 127 Å². The highest BCUT2D eigenvalue weighted by Crippen LogP contribution is 2.22. The topological polar surface area (TPSA) is 78.6 Å². The molecule has 20 heavy (non-hydrogen) atoms. The Morgan fingerprint density at radius 3 is 2.75 bits per heavy atom. The summed E-state index contributed by atoms with van der Waals surface area (Å²) in [5.74, 6) is 0. The SMILES string of the molecule is Nc1cccc(Br)c1CCNC1CCN(C(=O)O)CC1. The van der Waals surface area contributed by atoms with Crippen LogP contribution in [0.15, 0.2) is 22.7 Å². The predicted molar refractivity (Wildman–Crippen MR) is 82.9 cm³/mol. The summed E-state index contributed by atoms with van der Waals surface area (Å²) < 4.78 is 1.04. The van der Waals surface area contributed by atoms with Gasteiger partial charge in [0.1, 0.15) is 0 Å². The highest BCUT2D eigenvalue weighted by atomic mass is 79.9. The number of amides is 1. The van der Waals surface area contributed by atoms with Crippen molar-refractivity contribution < 1.29 is 9.90 Å². The molecule has 2 rings (SSSR count). The molecule has 5 nitrogen and oxygen atoms in total. The fourth-order valence-corrected chi connectivity index (χ4v) is 3.10. The van der Waals surface area contributed by atoms with Gasteiger partial charge >= 0.3 is 6.09 Å². The molecule has 110 valence electrons. The van der Waals surface area contributed by atoms with Gasteiger partial charge in [-0.25, -0.2) is 4.79 Å². The minimum absolute atomic E-state index is 0.398. The summed E-state index contributed by atoms with van der Waals surface area (Å²) in [6, 6.07) is 6.23. The van der Waals surface area contributed by atoms with E-state index in [0.717, 1.165) is 41.5 Å². The Hall–Kier alpha value is -1.27. The number of nitrogens with zero attached hydrogens (tertiary/aromatic N) is 1. The Kier molecular flexibility index (Phi) is 5.25. The number of hydrogen-bond donors (Lipinski definition) is 3. The molecule has 1 aliphatic rings. The van der Waals surface area contributed by atoms with Gasteiger partial charge in [0.05, 0.1) is 0 Å². The molecule has 6 heteroatoms. The summed E-state index contributed by atoms with van der Waals surface area (Å²) in [6.07, 6.45) is 1.80. The minimum Gasteiger partial charge on any atom is -0.465 e. The zero-order valence-corrected chi connectivity index (χ0v) is 12.9. The van der Waals surface area contributed by atoms with E-state index in [4.69, 9.17) is 10.8 Å². The average Bonchev–Trinajstić information content (AvgIpc) is 2.42. The molecule has 0 radical (unpaired) electrons. The summed E-state index contributed by atoms with van der Waals surface area (Å²) in [4.78, 5) is 12.3. The van der Waals surface area contributed by atoms with Gasteiger partial charge in [0, 0.05) is 29.3 Å². The molecule has 4 N–H and O–H groups in total. The van der Waals surface area contributed by atoms with Gasteiger partial charge in [0.2, 0.25) is 0 Å². The molecule has 1 heterocycles. The van der Waals surface area contributed by atoms with E-state index in [2.05, 4.69) is 21.2 Å². The number of nitrogen functional groups attached to an aromatic ring is 1. The Bertz CT molecular complexity index is 453. The summed E-state index contributed by atoms with van der Waals surface area (Å²) in [6.45, 7) is 2.08. The normalized spacial score (nSPS) is 16.4. The predicted octanol–water partition coefficient (Wildman–Crippen LogP) is 2.31. The van der Waals surface area contributed by atoms with Gasteiger partial charge in [-0.2, -0.15) is 0 Å². The fourth-order valence-electron chi connectivity index (χ4n) is 2.52. The molecule has 0 bridgehead atoms. The first-order valence-corrected chi connectivity index (χ1v) is 7.61. The lowest BCUT2D eigenvalue weighted by atomic mass is 10.0. The van der Waals surface area contributed by atoms with E-state index >= 15 is 0 Å². The average molecular weight is 342 g/mol. The highest BCUT2D eigenvalue weighted by Gasteiger charge is 2.21.